The van der Waals surface area contributed by atoms with E-state index in [9.17, 15) is 0 Å². The Morgan fingerprint density at radius 2 is 1.68 bits per heavy atom. The molecule has 0 unspecified atom stereocenters. The van der Waals surface area contributed by atoms with Crippen LogP contribution in [0.4, 0.5) is 0 Å². The summed E-state index contributed by atoms with van der Waals surface area (Å²) in [5.74, 6) is 2.72. The Morgan fingerprint density at radius 3 is 2.28 bits per heavy atom. The first kappa shape index (κ1) is 18.3. The van der Waals surface area contributed by atoms with E-state index in [1.54, 1.807) is 21.3 Å². The van der Waals surface area contributed by atoms with Crippen LogP contribution in [0.5, 0.6) is 17.2 Å². The van der Waals surface area contributed by atoms with Gasteiger partial charge in [-0.2, -0.15) is 0 Å². The zero-order chi connectivity index (χ0) is 17.6. The molecule has 0 aromatic heterocycles. The number of ether oxygens (including phenoxy) is 4. The summed E-state index contributed by atoms with van der Waals surface area (Å²) in [6, 6.07) is 4.44. The molecule has 2 heterocycles. The minimum absolute atomic E-state index is 0.306. The molecule has 25 heavy (non-hydrogen) atoms. The molecule has 0 amide bonds. The van der Waals surface area contributed by atoms with Gasteiger partial charge in [-0.05, 0) is 30.9 Å². The van der Waals surface area contributed by atoms with Gasteiger partial charge in [-0.1, -0.05) is 0 Å². The number of piperazine rings is 1. The van der Waals surface area contributed by atoms with Gasteiger partial charge in [0.05, 0.1) is 21.3 Å². The second kappa shape index (κ2) is 8.74. The third-order valence-corrected chi connectivity index (χ3v) is 5.31. The average molecular weight is 350 g/mol. The Balaban J connectivity index is 2.02. The van der Waals surface area contributed by atoms with E-state index in [-0.39, 0.29) is 0 Å². The minimum Gasteiger partial charge on any atom is -0.493 e. The fourth-order valence-corrected chi connectivity index (χ4v) is 4.10. The highest BCUT2D eigenvalue weighted by molar-refractivity contribution is 5.56. The van der Waals surface area contributed by atoms with Crippen LogP contribution < -0.4 is 19.5 Å². The molecule has 0 bridgehead atoms. The minimum atomic E-state index is 0.306. The zero-order valence-electron chi connectivity index (χ0n) is 15.5. The number of nitrogens with one attached hydrogen (secondary N) is 1. The van der Waals surface area contributed by atoms with Crippen LogP contribution in [0.3, 0.4) is 0 Å². The third kappa shape index (κ3) is 3.86. The van der Waals surface area contributed by atoms with Crippen molar-refractivity contribution in [3.05, 3.63) is 17.7 Å². The number of nitrogens with zero attached hydrogens (tertiary/aromatic N) is 1. The maximum absolute atomic E-state index is 5.79. The Hall–Kier alpha value is -1.50. The van der Waals surface area contributed by atoms with E-state index in [0.29, 0.717) is 23.5 Å². The molecular weight excluding hydrogens is 320 g/mol. The molecule has 2 fully saturated rings. The van der Waals surface area contributed by atoms with Crippen LogP contribution in [0.25, 0.3) is 0 Å². The maximum atomic E-state index is 5.79. The van der Waals surface area contributed by atoms with Gasteiger partial charge in [-0.25, -0.2) is 0 Å². The van der Waals surface area contributed by atoms with Crippen LogP contribution in [0.15, 0.2) is 12.1 Å². The van der Waals surface area contributed by atoms with E-state index in [1.165, 1.54) is 5.56 Å². The predicted octanol–water partition coefficient (Wildman–Crippen LogP) is 2.09. The SMILES string of the molecule is COc1ccc([C@H](C2CCOCC2)N2CCNCC2)c(OC)c1OC. The maximum Gasteiger partial charge on any atom is 0.203 e. The van der Waals surface area contributed by atoms with E-state index < -0.39 is 0 Å². The van der Waals surface area contributed by atoms with Crippen molar-refractivity contribution in [3.63, 3.8) is 0 Å². The summed E-state index contributed by atoms with van der Waals surface area (Å²) in [4.78, 5) is 2.58. The topological polar surface area (TPSA) is 52.2 Å². The summed E-state index contributed by atoms with van der Waals surface area (Å²) in [6.07, 6.45) is 2.15. The van der Waals surface area contributed by atoms with E-state index in [1.807, 2.05) is 6.07 Å². The van der Waals surface area contributed by atoms with Crippen LogP contribution in [0.1, 0.15) is 24.4 Å². The summed E-state index contributed by atoms with van der Waals surface area (Å²) in [6.45, 7) is 5.80. The first-order chi connectivity index (χ1) is 12.3. The highest BCUT2D eigenvalue weighted by atomic mass is 16.5. The second-order valence-corrected chi connectivity index (χ2v) is 6.60. The van der Waals surface area contributed by atoms with Crippen LogP contribution in [0.2, 0.25) is 0 Å². The molecule has 1 atom stereocenters. The lowest BCUT2D eigenvalue weighted by Crippen LogP contribution is -2.47. The zero-order valence-corrected chi connectivity index (χ0v) is 15.5. The van der Waals surface area contributed by atoms with Crippen molar-refractivity contribution < 1.29 is 18.9 Å². The molecule has 2 aliphatic rings. The highest BCUT2D eigenvalue weighted by Crippen LogP contribution is 2.46. The lowest BCUT2D eigenvalue weighted by molar-refractivity contribution is 0.0205. The van der Waals surface area contributed by atoms with Gasteiger partial charge in [-0.15, -0.1) is 0 Å². The number of methoxy groups -OCH3 is 3. The molecule has 0 aliphatic carbocycles. The lowest BCUT2D eigenvalue weighted by Gasteiger charge is -2.41. The Bertz CT molecular complexity index is 537. The standard InChI is InChI=1S/C19H30N2O4/c1-22-16-5-4-15(18(23-2)19(16)24-3)17(14-6-12-25-13-7-14)21-10-8-20-9-11-21/h4-5,14,17,20H,6-13H2,1-3H3/t17-/m0/s1. The molecule has 1 aromatic rings. The molecule has 0 spiro atoms. The van der Waals surface area contributed by atoms with Crippen molar-refractivity contribution in [1.29, 1.82) is 0 Å². The Morgan fingerprint density at radius 1 is 1.00 bits per heavy atom. The van der Waals surface area contributed by atoms with Gasteiger partial charge < -0.3 is 24.3 Å². The van der Waals surface area contributed by atoms with E-state index in [2.05, 4.69) is 16.3 Å². The summed E-state index contributed by atoms with van der Waals surface area (Å²) in [5.41, 5.74) is 1.19. The molecule has 2 aliphatic heterocycles. The van der Waals surface area contributed by atoms with Crippen LogP contribution in [0, 0.1) is 5.92 Å². The van der Waals surface area contributed by atoms with Crippen molar-refractivity contribution in [3.8, 4) is 17.2 Å². The summed E-state index contributed by atoms with van der Waals surface area (Å²) in [7, 11) is 5.03. The number of hydrogen-bond donors (Lipinski definition) is 1. The highest BCUT2D eigenvalue weighted by Gasteiger charge is 2.34. The molecule has 6 heteroatoms. The van der Waals surface area contributed by atoms with Crippen molar-refractivity contribution >= 4 is 0 Å². The first-order valence-corrected chi connectivity index (χ1v) is 9.11. The molecule has 0 radical (unpaired) electrons. The summed E-state index contributed by atoms with van der Waals surface area (Å²) in [5, 5.41) is 3.45. The van der Waals surface area contributed by atoms with Crippen LogP contribution in [-0.2, 0) is 4.74 Å². The van der Waals surface area contributed by atoms with Crippen molar-refractivity contribution in [2.75, 3.05) is 60.7 Å². The van der Waals surface area contributed by atoms with Gasteiger partial charge >= 0.3 is 0 Å². The fourth-order valence-electron chi connectivity index (χ4n) is 4.10. The summed E-state index contributed by atoms with van der Waals surface area (Å²) < 4.78 is 22.5. The number of hydrogen-bond acceptors (Lipinski definition) is 6. The average Bonchev–Trinajstić information content (AvgIpc) is 2.69. The molecule has 3 rings (SSSR count). The van der Waals surface area contributed by atoms with Crippen LogP contribution >= 0.6 is 0 Å². The quantitative estimate of drug-likeness (QED) is 0.848. The first-order valence-electron chi connectivity index (χ1n) is 9.11. The lowest BCUT2D eigenvalue weighted by atomic mass is 9.85. The Kier molecular flexibility index (Phi) is 6.39. The van der Waals surface area contributed by atoms with E-state index in [0.717, 1.165) is 58.0 Å². The van der Waals surface area contributed by atoms with Gasteiger partial charge in [0.1, 0.15) is 0 Å². The normalized spacial score (nSPS) is 20.9. The molecule has 0 saturated carbocycles. The monoisotopic (exact) mass is 350 g/mol. The van der Waals surface area contributed by atoms with Crippen LogP contribution in [-0.4, -0.2) is 65.6 Å². The molecule has 2 saturated heterocycles. The predicted molar refractivity (Wildman–Crippen MR) is 96.8 cm³/mol. The third-order valence-electron chi connectivity index (χ3n) is 5.31. The van der Waals surface area contributed by atoms with E-state index >= 15 is 0 Å². The van der Waals surface area contributed by atoms with E-state index in [4.69, 9.17) is 18.9 Å². The molecule has 1 N–H and O–H groups in total. The molecule has 6 nitrogen and oxygen atoms in total. The molecule has 1 aromatic carbocycles. The fraction of sp³-hybridized carbons (Fsp3) is 0.684. The van der Waals surface area contributed by atoms with Gasteiger partial charge in [0.25, 0.3) is 0 Å². The van der Waals surface area contributed by atoms with Gasteiger partial charge in [0, 0.05) is 51.0 Å². The largest absolute Gasteiger partial charge is 0.493 e. The van der Waals surface area contributed by atoms with Gasteiger partial charge in [0.15, 0.2) is 11.5 Å². The van der Waals surface area contributed by atoms with Crippen molar-refractivity contribution in [2.45, 2.75) is 18.9 Å². The summed E-state index contributed by atoms with van der Waals surface area (Å²) >= 11 is 0. The number of benzene rings is 1. The molecule has 140 valence electrons. The van der Waals surface area contributed by atoms with Crippen molar-refractivity contribution in [1.82, 2.24) is 10.2 Å². The Labute approximate surface area is 150 Å². The molecular formula is C19H30N2O4. The number of rotatable bonds is 6. The van der Waals surface area contributed by atoms with Crippen molar-refractivity contribution in [2.24, 2.45) is 5.92 Å². The smallest absolute Gasteiger partial charge is 0.203 e. The van der Waals surface area contributed by atoms with Gasteiger partial charge in [-0.3, -0.25) is 4.90 Å². The second-order valence-electron chi connectivity index (χ2n) is 6.60. The van der Waals surface area contributed by atoms with Gasteiger partial charge in [0.2, 0.25) is 5.75 Å².